The molecular weight excluding hydrogens is 216 g/mol. The molecule has 0 atom stereocenters. The molecule has 2 aromatic rings. The lowest BCUT2D eigenvalue weighted by atomic mass is 10.1. The van der Waals surface area contributed by atoms with Gasteiger partial charge in [0.2, 0.25) is 0 Å². The summed E-state index contributed by atoms with van der Waals surface area (Å²) < 4.78 is 0. The molecule has 0 spiro atoms. The minimum atomic E-state index is -0.471. The lowest BCUT2D eigenvalue weighted by Crippen LogP contribution is -2.12. The van der Waals surface area contributed by atoms with Crippen LogP contribution in [0.2, 0.25) is 0 Å². The van der Waals surface area contributed by atoms with Crippen molar-refractivity contribution < 1.29 is 0 Å². The predicted octanol–water partition coefficient (Wildman–Crippen LogP) is 1.18. The van der Waals surface area contributed by atoms with E-state index < -0.39 is 5.56 Å². The number of hydrogen-bond donors (Lipinski definition) is 1. The quantitative estimate of drug-likeness (QED) is 0.783. The van der Waals surface area contributed by atoms with Crippen LogP contribution in [0.3, 0.4) is 0 Å². The molecule has 5 heteroatoms. The van der Waals surface area contributed by atoms with Gasteiger partial charge >= 0.3 is 0 Å². The summed E-state index contributed by atoms with van der Waals surface area (Å²) in [7, 11) is 0. The number of hydrogen-bond acceptors (Lipinski definition) is 4. The molecule has 0 saturated carbocycles. The molecule has 0 bridgehead atoms. The summed E-state index contributed by atoms with van der Waals surface area (Å²) >= 11 is 0. The second kappa shape index (κ2) is 4.30. The Kier molecular flexibility index (Phi) is 2.68. The van der Waals surface area contributed by atoms with Gasteiger partial charge in [-0.3, -0.25) is 4.79 Å². The van der Waals surface area contributed by atoms with Gasteiger partial charge in [0, 0.05) is 5.56 Å². The Bertz CT molecular complexity index is 686. The Labute approximate surface area is 96.6 Å². The van der Waals surface area contributed by atoms with Gasteiger partial charge in [-0.05, 0) is 12.1 Å². The Morgan fingerprint density at radius 3 is 2.41 bits per heavy atom. The molecule has 0 unspecified atom stereocenters. The highest BCUT2D eigenvalue weighted by Gasteiger charge is 2.09. The zero-order chi connectivity index (χ0) is 12.3. The Balaban J connectivity index is 2.62. The summed E-state index contributed by atoms with van der Waals surface area (Å²) in [5.74, 6) is 0. The molecule has 0 aliphatic rings. The maximum Gasteiger partial charge on any atom is 0.269 e. The Morgan fingerprint density at radius 1 is 1.12 bits per heavy atom. The fraction of sp³-hybridized carbons (Fsp3) is 0. The number of benzene rings is 1. The molecule has 0 saturated heterocycles. The average Bonchev–Trinajstić information content (AvgIpc) is 2.38. The summed E-state index contributed by atoms with van der Waals surface area (Å²) in [6.45, 7) is 0. The molecule has 0 fully saturated rings. The van der Waals surface area contributed by atoms with Crippen molar-refractivity contribution in [3.05, 3.63) is 52.1 Å². The van der Waals surface area contributed by atoms with Gasteiger partial charge in [0.1, 0.15) is 11.6 Å². The highest BCUT2D eigenvalue weighted by atomic mass is 16.1. The monoisotopic (exact) mass is 222 g/mol. The van der Waals surface area contributed by atoms with E-state index in [2.05, 4.69) is 9.97 Å². The highest BCUT2D eigenvalue weighted by molar-refractivity contribution is 5.66. The summed E-state index contributed by atoms with van der Waals surface area (Å²) in [6.07, 6.45) is 1.25. The summed E-state index contributed by atoms with van der Waals surface area (Å²) in [6, 6.07) is 10.3. The number of aromatic amines is 1. The Morgan fingerprint density at radius 2 is 1.82 bits per heavy atom. The largest absolute Gasteiger partial charge is 0.312 e. The summed E-state index contributed by atoms with van der Waals surface area (Å²) in [5.41, 5.74) is 0.962. The van der Waals surface area contributed by atoms with Crippen molar-refractivity contribution >= 4 is 0 Å². The first-order valence-electron chi connectivity index (χ1n) is 4.74. The molecule has 5 nitrogen and oxygen atoms in total. The second-order valence-electron chi connectivity index (χ2n) is 3.26. The third-order valence-electron chi connectivity index (χ3n) is 2.25. The van der Waals surface area contributed by atoms with E-state index in [1.807, 2.05) is 12.1 Å². The van der Waals surface area contributed by atoms with E-state index in [1.165, 1.54) is 6.33 Å². The zero-order valence-electron chi connectivity index (χ0n) is 8.64. The fourth-order valence-electron chi connectivity index (χ4n) is 1.42. The molecule has 1 aromatic heterocycles. The van der Waals surface area contributed by atoms with Crippen LogP contribution in [0, 0.1) is 22.7 Å². The predicted molar refractivity (Wildman–Crippen MR) is 59.7 cm³/mol. The molecule has 0 aliphatic heterocycles. The molecule has 0 radical (unpaired) electrons. The normalized spacial score (nSPS) is 9.29. The first-order valence-corrected chi connectivity index (χ1v) is 4.74. The van der Waals surface area contributed by atoms with Crippen LogP contribution in [0.25, 0.3) is 11.3 Å². The van der Waals surface area contributed by atoms with Gasteiger partial charge in [-0.1, -0.05) is 12.1 Å². The van der Waals surface area contributed by atoms with Crippen molar-refractivity contribution in [1.82, 2.24) is 9.97 Å². The highest BCUT2D eigenvalue weighted by Crippen LogP contribution is 2.18. The van der Waals surface area contributed by atoms with Crippen LogP contribution in [-0.2, 0) is 0 Å². The molecule has 1 heterocycles. The van der Waals surface area contributed by atoms with Crippen LogP contribution >= 0.6 is 0 Å². The minimum Gasteiger partial charge on any atom is -0.312 e. The van der Waals surface area contributed by atoms with E-state index in [9.17, 15) is 4.79 Å². The van der Waals surface area contributed by atoms with Gasteiger partial charge < -0.3 is 4.98 Å². The lowest BCUT2D eigenvalue weighted by molar-refractivity contribution is 1.11. The van der Waals surface area contributed by atoms with Gasteiger partial charge in [0.05, 0.1) is 23.7 Å². The first-order chi connectivity index (χ1) is 8.26. The topological polar surface area (TPSA) is 93.3 Å². The zero-order valence-corrected chi connectivity index (χ0v) is 8.64. The molecule has 1 aromatic carbocycles. The van der Waals surface area contributed by atoms with Crippen LogP contribution in [0.1, 0.15) is 11.1 Å². The van der Waals surface area contributed by atoms with Gasteiger partial charge in [0.15, 0.2) is 0 Å². The van der Waals surface area contributed by atoms with Crippen molar-refractivity contribution in [3.8, 4) is 23.4 Å². The van der Waals surface area contributed by atoms with Crippen molar-refractivity contribution in [2.24, 2.45) is 0 Å². The third kappa shape index (κ3) is 1.90. The minimum absolute atomic E-state index is 0.0304. The second-order valence-corrected chi connectivity index (χ2v) is 3.26. The molecule has 1 N–H and O–H groups in total. The van der Waals surface area contributed by atoms with Gasteiger partial charge in [-0.15, -0.1) is 0 Å². The van der Waals surface area contributed by atoms with Crippen LogP contribution < -0.4 is 5.56 Å². The van der Waals surface area contributed by atoms with Crippen molar-refractivity contribution in [1.29, 1.82) is 10.5 Å². The third-order valence-corrected chi connectivity index (χ3v) is 2.25. The number of rotatable bonds is 1. The molecule has 0 aliphatic carbocycles. The first kappa shape index (κ1) is 10.6. The van der Waals surface area contributed by atoms with Crippen molar-refractivity contribution in [2.45, 2.75) is 0 Å². The number of nitrogens with one attached hydrogen (secondary N) is 1. The van der Waals surface area contributed by atoms with E-state index in [0.29, 0.717) is 16.8 Å². The van der Waals surface area contributed by atoms with Crippen molar-refractivity contribution in [3.63, 3.8) is 0 Å². The molecule has 0 amide bonds. The van der Waals surface area contributed by atoms with E-state index in [4.69, 9.17) is 10.5 Å². The van der Waals surface area contributed by atoms with Gasteiger partial charge in [0.25, 0.3) is 5.56 Å². The molecule has 80 valence electrons. The SMILES string of the molecule is N#Cc1ccc(-c2nc[nH]c(=O)c2C#N)cc1. The smallest absolute Gasteiger partial charge is 0.269 e. The maximum atomic E-state index is 11.4. The van der Waals surface area contributed by atoms with Gasteiger partial charge in [-0.25, -0.2) is 4.98 Å². The Hall–Kier alpha value is -2.92. The standard InChI is InChI=1S/C12H6N4O/c13-5-8-1-3-9(4-2-8)11-10(6-14)12(17)16-7-15-11/h1-4,7H,(H,15,16,17). The molecule has 2 rings (SSSR count). The number of nitrogens with zero attached hydrogens (tertiary/aromatic N) is 3. The fourth-order valence-corrected chi connectivity index (χ4v) is 1.42. The van der Waals surface area contributed by atoms with Crippen LogP contribution in [-0.4, -0.2) is 9.97 Å². The summed E-state index contributed by atoms with van der Waals surface area (Å²) in [4.78, 5) is 17.7. The summed E-state index contributed by atoms with van der Waals surface area (Å²) in [5, 5.41) is 17.6. The number of aromatic nitrogens is 2. The van der Waals surface area contributed by atoms with E-state index in [-0.39, 0.29) is 5.56 Å². The van der Waals surface area contributed by atoms with E-state index in [1.54, 1.807) is 24.3 Å². The number of H-pyrrole nitrogens is 1. The van der Waals surface area contributed by atoms with Crippen LogP contribution in [0.15, 0.2) is 35.4 Å². The van der Waals surface area contributed by atoms with Crippen molar-refractivity contribution in [2.75, 3.05) is 0 Å². The van der Waals surface area contributed by atoms with Crippen LogP contribution in [0.4, 0.5) is 0 Å². The number of nitriles is 2. The lowest BCUT2D eigenvalue weighted by Gasteiger charge is -2.01. The van der Waals surface area contributed by atoms with Crippen LogP contribution in [0.5, 0.6) is 0 Å². The maximum absolute atomic E-state index is 11.4. The van der Waals surface area contributed by atoms with E-state index in [0.717, 1.165) is 0 Å². The van der Waals surface area contributed by atoms with E-state index >= 15 is 0 Å². The molecule has 17 heavy (non-hydrogen) atoms. The average molecular weight is 222 g/mol. The molecular formula is C12H6N4O. The van der Waals surface area contributed by atoms with Gasteiger partial charge in [-0.2, -0.15) is 10.5 Å².